The summed E-state index contributed by atoms with van der Waals surface area (Å²) in [4.78, 5) is 0. The number of benzene rings is 1. The molecule has 0 saturated carbocycles. The Bertz CT molecular complexity index is 558. The summed E-state index contributed by atoms with van der Waals surface area (Å²) in [5.74, 6) is 0. The van der Waals surface area contributed by atoms with Crippen molar-refractivity contribution in [1.82, 2.24) is 9.78 Å². The van der Waals surface area contributed by atoms with Crippen LogP contribution < -0.4 is 0 Å². The average Bonchev–Trinajstić information content (AvgIpc) is 2.96. The molecular formula is C18H26N2O. The van der Waals surface area contributed by atoms with E-state index in [0.717, 1.165) is 30.5 Å². The lowest BCUT2D eigenvalue weighted by Crippen LogP contribution is -2.09. The molecule has 1 heterocycles. The van der Waals surface area contributed by atoms with Gasteiger partial charge in [0.2, 0.25) is 0 Å². The maximum atomic E-state index is 10.5. The Kier molecular flexibility index (Phi) is 5.57. The van der Waals surface area contributed by atoms with Crippen molar-refractivity contribution >= 4 is 0 Å². The zero-order valence-corrected chi connectivity index (χ0v) is 13.3. The third-order valence-corrected chi connectivity index (χ3v) is 4.18. The highest BCUT2D eigenvalue weighted by Crippen LogP contribution is 2.22. The molecule has 3 nitrogen and oxygen atoms in total. The molecule has 2 rings (SSSR count). The minimum absolute atomic E-state index is 0.457. The summed E-state index contributed by atoms with van der Waals surface area (Å²) in [6.07, 6.45) is 5.23. The van der Waals surface area contributed by atoms with Gasteiger partial charge in [-0.3, -0.25) is 4.68 Å². The van der Waals surface area contributed by atoms with Crippen LogP contribution in [0.4, 0.5) is 0 Å². The van der Waals surface area contributed by atoms with Gasteiger partial charge in [0.25, 0.3) is 0 Å². The quantitative estimate of drug-likeness (QED) is 0.832. The first kappa shape index (κ1) is 15.8. The van der Waals surface area contributed by atoms with Gasteiger partial charge in [-0.15, -0.1) is 0 Å². The minimum Gasteiger partial charge on any atom is -0.388 e. The number of hydrogen-bond donors (Lipinski definition) is 1. The van der Waals surface area contributed by atoms with E-state index in [-0.39, 0.29) is 0 Å². The van der Waals surface area contributed by atoms with Crippen LogP contribution >= 0.6 is 0 Å². The summed E-state index contributed by atoms with van der Waals surface area (Å²) in [5.41, 5.74) is 3.20. The number of aliphatic hydroxyl groups excluding tert-OH is 1. The van der Waals surface area contributed by atoms with Crippen molar-refractivity contribution in [2.45, 2.75) is 58.6 Å². The summed E-state index contributed by atoms with van der Waals surface area (Å²) < 4.78 is 2.04. The van der Waals surface area contributed by atoms with Gasteiger partial charge in [0.1, 0.15) is 0 Å². The molecule has 0 aliphatic carbocycles. The average molecular weight is 286 g/mol. The first-order valence-electron chi connectivity index (χ1n) is 7.99. The third kappa shape index (κ3) is 3.73. The Morgan fingerprint density at radius 2 is 1.81 bits per heavy atom. The second-order valence-electron chi connectivity index (χ2n) is 5.53. The maximum absolute atomic E-state index is 10.5. The van der Waals surface area contributed by atoms with Gasteiger partial charge in [0.05, 0.1) is 17.8 Å². The first-order valence-corrected chi connectivity index (χ1v) is 7.99. The number of nitrogens with zero attached hydrogens (tertiary/aromatic N) is 2. The van der Waals surface area contributed by atoms with Crippen LogP contribution in [0.2, 0.25) is 0 Å². The fraction of sp³-hybridized carbons (Fsp3) is 0.500. The number of hydrogen-bond acceptors (Lipinski definition) is 2. The van der Waals surface area contributed by atoms with E-state index in [1.54, 1.807) is 0 Å². The van der Waals surface area contributed by atoms with Crippen LogP contribution in [-0.2, 0) is 12.8 Å². The Morgan fingerprint density at radius 1 is 1.10 bits per heavy atom. The fourth-order valence-electron chi connectivity index (χ4n) is 2.84. The molecule has 0 aliphatic rings. The molecule has 0 spiro atoms. The van der Waals surface area contributed by atoms with Gasteiger partial charge < -0.3 is 5.11 Å². The van der Waals surface area contributed by atoms with Gasteiger partial charge in [-0.1, -0.05) is 45.0 Å². The van der Waals surface area contributed by atoms with E-state index in [9.17, 15) is 5.11 Å². The van der Waals surface area contributed by atoms with E-state index in [1.165, 1.54) is 5.56 Å². The molecule has 114 valence electrons. The zero-order valence-electron chi connectivity index (χ0n) is 13.3. The van der Waals surface area contributed by atoms with Crippen molar-refractivity contribution in [3.63, 3.8) is 0 Å². The van der Waals surface area contributed by atoms with E-state index in [1.807, 2.05) is 35.1 Å². The lowest BCUT2D eigenvalue weighted by atomic mass is 9.98. The molecule has 1 aromatic heterocycles. The molecule has 3 heteroatoms. The molecule has 1 aromatic carbocycles. The van der Waals surface area contributed by atoms with E-state index in [4.69, 9.17) is 0 Å². The number of rotatable bonds is 7. The second kappa shape index (κ2) is 7.41. The first-order chi connectivity index (χ1) is 10.2. The molecule has 0 amide bonds. The molecule has 1 N–H and O–H groups in total. The Hall–Kier alpha value is -1.61. The SMILES string of the molecule is CCc1ccccc1C(O)Cc1ccn(C(CC)CC)n1. The lowest BCUT2D eigenvalue weighted by Gasteiger charge is -2.14. The van der Waals surface area contributed by atoms with Crippen LogP contribution in [0.1, 0.15) is 62.6 Å². The van der Waals surface area contributed by atoms with E-state index in [2.05, 4.69) is 31.9 Å². The van der Waals surface area contributed by atoms with Crippen molar-refractivity contribution in [2.75, 3.05) is 0 Å². The highest BCUT2D eigenvalue weighted by atomic mass is 16.3. The van der Waals surface area contributed by atoms with Crippen LogP contribution in [0.25, 0.3) is 0 Å². The van der Waals surface area contributed by atoms with E-state index >= 15 is 0 Å². The van der Waals surface area contributed by atoms with Gasteiger partial charge in [-0.2, -0.15) is 5.10 Å². The van der Waals surface area contributed by atoms with Crippen molar-refractivity contribution < 1.29 is 5.11 Å². The predicted octanol–water partition coefficient (Wildman–Crippen LogP) is 4.08. The zero-order chi connectivity index (χ0) is 15.2. The molecule has 21 heavy (non-hydrogen) atoms. The van der Waals surface area contributed by atoms with Crippen molar-refractivity contribution in [2.24, 2.45) is 0 Å². The van der Waals surface area contributed by atoms with Crippen LogP contribution in [0.15, 0.2) is 36.5 Å². The third-order valence-electron chi connectivity index (χ3n) is 4.18. The molecule has 0 aliphatic heterocycles. The summed E-state index contributed by atoms with van der Waals surface area (Å²) >= 11 is 0. The Labute approximate surface area is 127 Å². The monoisotopic (exact) mass is 286 g/mol. The molecule has 1 unspecified atom stereocenters. The molecule has 0 fully saturated rings. The van der Waals surface area contributed by atoms with Gasteiger partial charge in [0.15, 0.2) is 0 Å². The molecule has 0 bridgehead atoms. The molecule has 0 saturated heterocycles. The highest BCUT2D eigenvalue weighted by molar-refractivity contribution is 5.29. The van der Waals surface area contributed by atoms with Gasteiger partial charge >= 0.3 is 0 Å². The van der Waals surface area contributed by atoms with E-state index in [0.29, 0.717) is 12.5 Å². The van der Waals surface area contributed by atoms with Crippen LogP contribution in [0.5, 0.6) is 0 Å². The summed E-state index contributed by atoms with van der Waals surface area (Å²) in [5, 5.41) is 15.1. The van der Waals surface area contributed by atoms with Crippen LogP contribution in [0, 0.1) is 0 Å². The van der Waals surface area contributed by atoms with Crippen LogP contribution in [0.3, 0.4) is 0 Å². The van der Waals surface area contributed by atoms with Crippen LogP contribution in [-0.4, -0.2) is 14.9 Å². The van der Waals surface area contributed by atoms with Crippen molar-refractivity contribution in [3.05, 3.63) is 53.3 Å². The van der Waals surface area contributed by atoms with Crippen molar-refractivity contribution in [1.29, 1.82) is 0 Å². The molecular weight excluding hydrogens is 260 g/mol. The van der Waals surface area contributed by atoms with Gasteiger partial charge in [0, 0.05) is 12.6 Å². The predicted molar refractivity (Wildman–Crippen MR) is 86.3 cm³/mol. The molecule has 2 aromatic rings. The second-order valence-corrected chi connectivity index (χ2v) is 5.53. The summed E-state index contributed by atoms with van der Waals surface area (Å²) in [6.45, 7) is 6.48. The highest BCUT2D eigenvalue weighted by Gasteiger charge is 2.14. The number of aromatic nitrogens is 2. The largest absolute Gasteiger partial charge is 0.388 e. The van der Waals surface area contributed by atoms with Crippen molar-refractivity contribution in [3.8, 4) is 0 Å². The fourth-order valence-corrected chi connectivity index (χ4v) is 2.84. The Morgan fingerprint density at radius 3 is 2.48 bits per heavy atom. The van der Waals surface area contributed by atoms with Gasteiger partial charge in [-0.25, -0.2) is 0 Å². The molecule has 1 atom stereocenters. The summed E-state index contributed by atoms with van der Waals surface area (Å²) in [6, 6.07) is 10.6. The topological polar surface area (TPSA) is 38.0 Å². The normalized spacial score (nSPS) is 12.8. The minimum atomic E-state index is -0.480. The Balaban J connectivity index is 2.11. The van der Waals surface area contributed by atoms with Gasteiger partial charge in [-0.05, 0) is 36.5 Å². The smallest absolute Gasteiger partial charge is 0.0848 e. The van der Waals surface area contributed by atoms with E-state index < -0.39 is 6.10 Å². The lowest BCUT2D eigenvalue weighted by molar-refractivity contribution is 0.175. The molecule has 0 radical (unpaired) electrons. The number of aliphatic hydroxyl groups is 1. The summed E-state index contributed by atoms with van der Waals surface area (Å²) in [7, 11) is 0. The standard InChI is InChI=1S/C18H26N2O/c1-4-14-9-7-8-10-17(14)18(21)13-15-11-12-20(19-15)16(5-2)6-3/h7-12,16,18,21H,4-6,13H2,1-3H3. The number of aryl methyl sites for hydroxylation is 1. The maximum Gasteiger partial charge on any atom is 0.0848 e.